The number of carboxylic acid groups (broad SMARTS) is 1. The van der Waals surface area contributed by atoms with Gasteiger partial charge in [-0.15, -0.1) is 0 Å². The molecule has 8 nitrogen and oxygen atoms in total. The molecule has 0 saturated carbocycles. The highest BCUT2D eigenvalue weighted by Gasteiger charge is 2.48. The predicted molar refractivity (Wildman–Crippen MR) is 122 cm³/mol. The quantitative estimate of drug-likeness (QED) is 0.656. The van der Waals surface area contributed by atoms with Gasteiger partial charge in [-0.1, -0.05) is 25.1 Å². The van der Waals surface area contributed by atoms with Crippen molar-refractivity contribution < 1.29 is 28.9 Å². The van der Waals surface area contributed by atoms with Crippen LogP contribution in [0.25, 0.3) is 0 Å². The van der Waals surface area contributed by atoms with Crippen molar-refractivity contribution in [2.75, 3.05) is 40.6 Å². The Morgan fingerprint density at radius 2 is 1.82 bits per heavy atom. The van der Waals surface area contributed by atoms with Gasteiger partial charge in [-0.2, -0.15) is 0 Å². The second kappa shape index (κ2) is 9.70. The molecule has 176 valence electrons. The predicted octanol–water partition coefficient (Wildman–Crippen LogP) is 3.13. The van der Waals surface area contributed by atoms with Crippen molar-refractivity contribution in [1.82, 2.24) is 9.80 Å². The Hall–Kier alpha value is -3.26. The molecule has 1 amide bonds. The standard InChI is InChI=1S/C25H30N2O6/c1-4-11-26(2)22(28)14-27-13-19(17-7-10-20-21(12-17)33-15-32-20)23(25(29)30)24(27)16-5-8-18(31-3)9-6-16/h5-10,12,19,23-24H,4,11,13-15H2,1-3H3,(H,29,30)/t19-,23-,24+/m1/s1. The molecular formula is C25H30N2O6. The molecule has 1 N–H and O–H groups in total. The maximum atomic E-state index is 12.9. The van der Waals surface area contributed by atoms with Gasteiger partial charge in [0, 0.05) is 32.1 Å². The van der Waals surface area contributed by atoms with Crippen molar-refractivity contribution in [2.45, 2.75) is 25.3 Å². The van der Waals surface area contributed by atoms with Gasteiger partial charge in [-0.3, -0.25) is 14.5 Å². The molecule has 0 spiro atoms. The Kier molecular flexibility index (Phi) is 6.74. The summed E-state index contributed by atoms with van der Waals surface area (Å²) in [6.45, 7) is 3.44. The van der Waals surface area contributed by atoms with E-state index in [9.17, 15) is 14.7 Å². The number of rotatable bonds is 8. The minimum atomic E-state index is -0.893. The molecule has 2 aromatic carbocycles. The Morgan fingerprint density at radius 3 is 2.48 bits per heavy atom. The lowest BCUT2D eigenvalue weighted by Gasteiger charge is -2.28. The monoisotopic (exact) mass is 454 g/mol. The van der Waals surface area contributed by atoms with Crippen molar-refractivity contribution in [3.8, 4) is 17.2 Å². The summed E-state index contributed by atoms with van der Waals surface area (Å²) in [7, 11) is 3.38. The first-order chi connectivity index (χ1) is 15.9. The largest absolute Gasteiger partial charge is 0.497 e. The first kappa shape index (κ1) is 22.9. The summed E-state index contributed by atoms with van der Waals surface area (Å²) in [5, 5.41) is 10.3. The molecule has 1 saturated heterocycles. The first-order valence-corrected chi connectivity index (χ1v) is 11.2. The molecule has 4 rings (SSSR count). The van der Waals surface area contributed by atoms with E-state index in [-0.39, 0.29) is 25.2 Å². The molecule has 0 radical (unpaired) electrons. The second-order valence-corrected chi connectivity index (χ2v) is 8.55. The van der Waals surface area contributed by atoms with Crippen LogP contribution in [0.15, 0.2) is 42.5 Å². The number of fused-ring (bicyclic) bond motifs is 1. The molecule has 2 aliphatic heterocycles. The number of nitrogens with zero attached hydrogens (tertiary/aromatic N) is 2. The normalized spacial score (nSPS) is 21.7. The molecular weight excluding hydrogens is 424 g/mol. The number of methoxy groups -OCH3 is 1. The lowest BCUT2D eigenvalue weighted by Crippen LogP contribution is -2.39. The molecule has 2 aromatic rings. The topological polar surface area (TPSA) is 88.5 Å². The van der Waals surface area contributed by atoms with E-state index in [1.807, 2.05) is 54.3 Å². The average molecular weight is 455 g/mol. The molecule has 1 fully saturated rings. The summed E-state index contributed by atoms with van der Waals surface area (Å²) in [5.41, 5.74) is 1.71. The average Bonchev–Trinajstić information content (AvgIpc) is 3.43. The fraction of sp³-hybridized carbons (Fsp3) is 0.440. The molecule has 3 atom stereocenters. The number of hydrogen-bond donors (Lipinski definition) is 1. The Morgan fingerprint density at radius 1 is 1.12 bits per heavy atom. The van der Waals surface area contributed by atoms with Gasteiger partial charge in [0.1, 0.15) is 5.75 Å². The van der Waals surface area contributed by atoms with E-state index >= 15 is 0 Å². The van der Waals surface area contributed by atoms with Crippen LogP contribution < -0.4 is 14.2 Å². The Labute approximate surface area is 193 Å². The number of ether oxygens (including phenoxy) is 3. The molecule has 33 heavy (non-hydrogen) atoms. The van der Waals surface area contributed by atoms with E-state index in [1.54, 1.807) is 19.1 Å². The lowest BCUT2D eigenvalue weighted by molar-refractivity contribution is -0.143. The third kappa shape index (κ3) is 4.61. The number of benzene rings is 2. The van der Waals surface area contributed by atoms with E-state index in [0.717, 1.165) is 17.5 Å². The van der Waals surface area contributed by atoms with E-state index < -0.39 is 17.9 Å². The number of aliphatic carboxylic acids is 1. The number of hydrogen-bond acceptors (Lipinski definition) is 6. The van der Waals surface area contributed by atoms with Gasteiger partial charge in [0.05, 0.1) is 19.6 Å². The highest BCUT2D eigenvalue weighted by atomic mass is 16.7. The van der Waals surface area contributed by atoms with Crippen LogP contribution in [0.2, 0.25) is 0 Å². The van der Waals surface area contributed by atoms with Crippen molar-refractivity contribution in [1.29, 1.82) is 0 Å². The van der Waals surface area contributed by atoms with Crippen molar-refractivity contribution in [3.05, 3.63) is 53.6 Å². The van der Waals surface area contributed by atoms with E-state index in [1.165, 1.54) is 0 Å². The van der Waals surface area contributed by atoms with Gasteiger partial charge in [-0.05, 0) is 41.8 Å². The highest BCUT2D eigenvalue weighted by molar-refractivity contribution is 5.79. The van der Waals surface area contributed by atoms with Gasteiger partial charge in [0.15, 0.2) is 11.5 Å². The lowest BCUT2D eigenvalue weighted by atomic mass is 9.82. The number of carboxylic acids is 1. The first-order valence-electron chi connectivity index (χ1n) is 11.2. The minimum Gasteiger partial charge on any atom is -0.497 e. The fourth-order valence-electron chi connectivity index (χ4n) is 4.83. The number of likely N-dealkylation sites (N-methyl/N-ethyl adjacent to an activating group) is 1. The van der Waals surface area contributed by atoms with Gasteiger partial charge in [0.25, 0.3) is 0 Å². The Bertz CT molecular complexity index is 1010. The summed E-state index contributed by atoms with van der Waals surface area (Å²) in [6, 6.07) is 12.5. The second-order valence-electron chi connectivity index (χ2n) is 8.55. The van der Waals surface area contributed by atoms with Crippen molar-refractivity contribution in [3.63, 3.8) is 0 Å². The zero-order valence-corrected chi connectivity index (χ0v) is 19.2. The number of amides is 1. The highest BCUT2D eigenvalue weighted by Crippen LogP contribution is 2.47. The van der Waals surface area contributed by atoms with Crippen LogP contribution in [-0.4, -0.2) is 67.4 Å². The van der Waals surface area contributed by atoms with Crippen LogP contribution in [0.4, 0.5) is 0 Å². The zero-order valence-electron chi connectivity index (χ0n) is 19.2. The van der Waals surface area contributed by atoms with Crippen LogP contribution in [0, 0.1) is 5.92 Å². The SMILES string of the molecule is CCCN(C)C(=O)CN1C[C@H](c2ccc3c(c2)OCO3)[C@@H](C(=O)O)[C@@H]1c1ccc(OC)cc1. The maximum absolute atomic E-state index is 12.9. The summed E-state index contributed by atoms with van der Waals surface area (Å²) in [6.07, 6.45) is 0.863. The molecule has 2 heterocycles. The van der Waals surface area contributed by atoms with Crippen LogP contribution >= 0.6 is 0 Å². The molecule has 0 aliphatic carbocycles. The molecule has 2 aliphatic rings. The minimum absolute atomic E-state index is 0.0224. The Balaban J connectivity index is 1.71. The van der Waals surface area contributed by atoms with E-state index in [2.05, 4.69) is 0 Å². The van der Waals surface area contributed by atoms with Crippen molar-refractivity contribution >= 4 is 11.9 Å². The van der Waals surface area contributed by atoms with Crippen LogP contribution in [0.1, 0.15) is 36.4 Å². The molecule has 8 heteroatoms. The summed E-state index contributed by atoms with van der Waals surface area (Å²) >= 11 is 0. The van der Waals surface area contributed by atoms with Crippen LogP contribution in [0.3, 0.4) is 0 Å². The number of likely N-dealkylation sites (tertiary alicyclic amines) is 1. The van der Waals surface area contributed by atoms with Crippen LogP contribution in [-0.2, 0) is 9.59 Å². The third-order valence-electron chi connectivity index (χ3n) is 6.49. The third-order valence-corrected chi connectivity index (χ3v) is 6.49. The smallest absolute Gasteiger partial charge is 0.309 e. The summed E-state index contributed by atoms with van der Waals surface area (Å²) in [5.74, 6) is 0.0113. The maximum Gasteiger partial charge on any atom is 0.309 e. The van der Waals surface area contributed by atoms with Gasteiger partial charge >= 0.3 is 5.97 Å². The molecule has 0 aromatic heterocycles. The van der Waals surface area contributed by atoms with Crippen molar-refractivity contribution in [2.24, 2.45) is 5.92 Å². The van der Waals surface area contributed by atoms with Gasteiger partial charge in [0.2, 0.25) is 12.7 Å². The van der Waals surface area contributed by atoms with E-state index in [4.69, 9.17) is 14.2 Å². The number of carbonyl (C=O) groups excluding carboxylic acids is 1. The summed E-state index contributed by atoms with van der Waals surface area (Å²) < 4.78 is 16.2. The van der Waals surface area contributed by atoms with Crippen LogP contribution in [0.5, 0.6) is 17.2 Å². The zero-order chi connectivity index (χ0) is 23.5. The fourth-order valence-corrected chi connectivity index (χ4v) is 4.83. The summed E-state index contributed by atoms with van der Waals surface area (Å²) in [4.78, 5) is 29.2. The van der Waals surface area contributed by atoms with Gasteiger partial charge < -0.3 is 24.2 Å². The molecule has 0 unspecified atom stereocenters. The molecule has 0 bridgehead atoms. The van der Waals surface area contributed by atoms with E-state index in [0.29, 0.717) is 30.3 Å². The van der Waals surface area contributed by atoms with Gasteiger partial charge in [-0.25, -0.2) is 0 Å². The number of carbonyl (C=O) groups is 2.